The van der Waals surface area contributed by atoms with Crippen molar-refractivity contribution in [3.8, 4) is 5.75 Å². The van der Waals surface area contributed by atoms with Gasteiger partial charge in [-0.3, -0.25) is 4.79 Å². The van der Waals surface area contributed by atoms with Crippen LogP contribution in [0, 0.1) is 0 Å². The van der Waals surface area contributed by atoms with Gasteiger partial charge in [0.05, 0.1) is 37.6 Å². The Labute approximate surface area is 261 Å². The first-order valence-electron chi connectivity index (χ1n) is 14.7. The van der Waals surface area contributed by atoms with Gasteiger partial charge >= 0.3 is 18.2 Å². The van der Waals surface area contributed by atoms with Crippen molar-refractivity contribution in [1.82, 2.24) is 14.9 Å². The number of hydrogen-bond donors (Lipinski definition) is 1. The number of methoxy groups -OCH3 is 2. The molecule has 0 radical (unpaired) electrons. The number of aromatic nitrogens is 2. The first kappa shape index (κ1) is 33.5. The Balaban J connectivity index is 1.57. The van der Waals surface area contributed by atoms with E-state index in [1.54, 1.807) is 41.3 Å². The van der Waals surface area contributed by atoms with Gasteiger partial charge in [-0.05, 0) is 69.2 Å². The Kier molecular flexibility index (Phi) is 10.6. The number of amides is 1. The third-order valence-corrected chi connectivity index (χ3v) is 7.57. The fraction of sp³-hybridized carbons (Fsp3) is 0.455. The highest BCUT2D eigenvalue weighted by Crippen LogP contribution is 2.39. The molecule has 1 aliphatic heterocycles. The van der Waals surface area contributed by atoms with Crippen molar-refractivity contribution in [1.29, 1.82) is 0 Å². The SMILES string of the molecule is COC(=O)CC(Cc1ccccc1)c1nc(Nc2ccc(C3CCN(C(=O)OC(C)(C)C)CC3)cc2OC)ncc1C(F)(F)F. The molecule has 3 aromatic rings. The third kappa shape index (κ3) is 9.09. The second kappa shape index (κ2) is 14.2. The van der Waals surface area contributed by atoms with E-state index >= 15 is 0 Å². The maximum Gasteiger partial charge on any atom is 0.419 e. The minimum atomic E-state index is -4.74. The molecule has 242 valence electrons. The predicted molar refractivity (Wildman–Crippen MR) is 163 cm³/mol. The monoisotopic (exact) mass is 628 g/mol. The summed E-state index contributed by atoms with van der Waals surface area (Å²) in [7, 11) is 2.69. The van der Waals surface area contributed by atoms with Gasteiger partial charge in [0.25, 0.3) is 0 Å². The molecular formula is C33H39F3N4O5. The summed E-state index contributed by atoms with van der Waals surface area (Å²) in [6, 6.07) is 14.5. The lowest BCUT2D eigenvalue weighted by Crippen LogP contribution is -2.41. The Morgan fingerprint density at radius 1 is 1.04 bits per heavy atom. The molecule has 0 saturated carbocycles. The molecule has 0 bridgehead atoms. The smallest absolute Gasteiger partial charge is 0.419 e. The van der Waals surface area contributed by atoms with Gasteiger partial charge in [0.15, 0.2) is 0 Å². The predicted octanol–water partition coefficient (Wildman–Crippen LogP) is 7.25. The van der Waals surface area contributed by atoms with Crippen LogP contribution in [-0.4, -0.2) is 59.8 Å². The lowest BCUT2D eigenvalue weighted by atomic mass is 9.89. The summed E-state index contributed by atoms with van der Waals surface area (Å²) in [4.78, 5) is 34.7. The zero-order chi connectivity index (χ0) is 32.8. The molecular weight excluding hydrogens is 589 g/mol. The van der Waals surface area contributed by atoms with Gasteiger partial charge in [0.1, 0.15) is 11.4 Å². The van der Waals surface area contributed by atoms with Crippen molar-refractivity contribution in [2.75, 3.05) is 32.6 Å². The van der Waals surface area contributed by atoms with Crippen molar-refractivity contribution in [2.45, 2.75) is 70.1 Å². The van der Waals surface area contributed by atoms with Crippen LogP contribution in [0.5, 0.6) is 5.75 Å². The number of rotatable bonds is 9. The standard InChI is InChI=1S/C33H39F3N4O5/c1-32(2,3)45-31(42)40-15-13-22(14-16-40)23-11-12-26(27(18-23)43-4)38-30-37-20-25(33(34,35)36)29(39-30)24(19-28(41)44-5)17-21-9-7-6-8-10-21/h6-12,18,20,22,24H,13-17,19H2,1-5H3,(H,37,38,39). The van der Waals surface area contributed by atoms with Crippen molar-refractivity contribution in [3.63, 3.8) is 0 Å². The van der Waals surface area contributed by atoms with E-state index in [4.69, 9.17) is 14.2 Å². The third-order valence-electron chi connectivity index (χ3n) is 7.57. The van der Waals surface area contributed by atoms with E-state index in [9.17, 15) is 22.8 Å². The Morgan fingerprint density at radius 2 is 1.73 bits per heavy atom. The highest BCUT2D eigenvalue weighted by atomic mass is 19.4. The average molecular weight is 629 g/mol. The van der Waals surface area contributed by atoms with Crippen LogP contribution in [-0.2, 0) is 26.9 Å². The van der Waals surface area contributed by atoms with E-state index in [0.29, 0.717) is 24.5 Å². The zero-order valence-electron chi connectivity index (χ0n) is 26.1. The van der Waals surface area contributed by atoms with Gasteiger partial charge in [-0.1, -0.05) is 36.4 Å². The Bertz CT molecular complexity index is 1470. The number of alkyl halides is 3. The van der Waals surface area contributed by atoms with Gasteiger partial charge in [0.2, 0.25) is 5.95 Å². The molecule has 1 N–H and O–H groups in total. The number of anilines is 2. The number of carbonyl (C=O) groups excluding carboxylic acids is 2. The number of hydrogen-bond acceptors (Lipinski definition) is 8. The number of likely N-dealkylation sites (tertiary alicyclic amines) is 1. The molecule has 1 saturated heterocycles. The topological polar surface area (TPSA) is 103 Å². The van der Waals surface area contributed by atoms with Gasteiger partial charge in [0, 0.05) is 25.2 Å². The number of nitrogens with zero attached hydrogens (tertiary/aromatic N) is 3. The molecule has 2 aromatic carbocycles. The summed E-state index contributed by atoms with van der Waals surface area (Å²) in [5, 5.41) is 3.00. The molecule has 1 unspecified atom stereocenters. The summed E-state index contributed by atoms with van der Waals surface area (Å²) >= 11 is 0. The summed E-state index contributed by atoms with van der Waals surface area (Å²) in [5.74, 6) is -1.00. The number of carbonyl (C=O) groups is 2. The maximum absolute atomic E-state index is 14.1. The van der Waals surface area contributed by atoms with Crippen LogP contribution in [0.1, 0.15) is 74.3 Å². The summed E-state index contributed by atoms with van der Waals surface area (Å²) in [6.07, 6.45) is -3.01. The fourth-order valence-electron chi connectivity index (χ4n) is 5.34. The quantitative estimate of drug-likeness (QED) is 0.247. The molecule has 9 nitrogen and oxygen atoms in total. The fourth-order valence-corrected chi connectivity index (χ4v) is 5.34. The minimum Gasteiger partial charge on any atom is -0.495 e. The number of piperidine rings is 1. The molecule has 1 aromatic heterocycles. The van der Waals surface area contributed by atoms with E-state index in [0.717, 1.165) is 30.2 Å². The number of halogens is 3. The number of ether oxygens (including phenoxy) is 3. The molecule has 0 aliphatic carbocycles. The van der Waals surface area contributed by atoms with Crippen LogP contribution in [0.2, 0.25) is 0 Å². The molecule has 4 rings (SSSR count). The van der Waals surface area contributed by atoms with Crippen molar-refractivity contribution < 1.29 is 37.0 Å². The lowest BCUT2D eigenvalue weighted by Gasteiger charge is -2.33. The van der Waals surface area contributed by atoms with E-state index in [-0.39, 0.29) is 36.5 Å². The van der Waals surface area contributed by atoms with Gasteiger partial charge in [-0.25, -0.2) is 14.8 Å². The van der Waals surface area contributed by atoms with Crippen molar-refractivity contribution >= 4 is 23.7 Å². The normalized spacial score (nSPS) is 14.9. The summed E-state index contributed by atoms with van der Waals surface area (Å²) < 4.78 is 58.3. The van der Waals surface area contributed by atoms with Gasteiger partial charge in [-0.15, -0.1) is 0 Å². The maximum atomic E-state index is 14.1. The molecule has 1 fully saturated rings. The molecule has 1 aliphatic rings. The Morgan fingerprint density at radius 3 is 2.33 bits per heavy atom. The molecule has 12 heteroatoms. The van der Waals surface area contributed by atoms with Gasteiger partial charge in [-0.2, -0.15) is 13.2 Å². The first-order valence-corrected chi connectivity index (χ1v) is 14.7. The summed E-state index contributed by atoms with van der Waals surface area (Å²) in [6.45, 7) is 6.62. The van der Waals surface area contributed by atoms with E-state index in [1.807, 2.05) is 32.9 Å². The molecule has 1 atom stereocenters. The number of nitrogens with one attached hydrogen (secondary N) is 1. The zero-order valence-corrected chi connectivity index (χ0v) is 26.1. The minimum absolute atomic E-state index is 0.0716. The van der Waals surface area contributed by atoms with Crippen LogP contribution in [0.25, 0.3) is 0 Å². The summed E-state index contributed by atoms with van der Waals surface area (Å²) in [5.41, 5.74) is 0.342. The number of benzene rings is 2. The van der Waals surface area contributed by atoms with Crippen LogP contribution in [0.4, 0.5) is 29.6 Å². The highest BCUT2D eigenvalue weighted by Gasteiger charge is 2.38. The number of esters is 1. The second-order valence-corrected chi connectivity index (χ2v) is 12.0. The second-order valence-electron chi connectivity index (χ2n) is 12.0. The Hall–Kier alpha value is -4.35. The van der Waals surface area contributed by atoms with E-state index in [2.05, 4.69) is 15.3 Å². The van der Waals surface area contributed by atoms with Gasteiger partial charge < -0.3 is 24.4 Å². The highest BCUT2D eigenvalue weighted by molar-refractivity contribution is 5.71. The van der Waals surface area contributed by atoms with Crippen LogP contribution in [0.15, 0.2) is 54.7 Å². The largest absolute Gasteiger partial charge is 0.495 e. The van der Waals surface area contributed by atoms with Crippen LogP contribution < -0.4 is 10.1 Å². The molecule has 2 heterocycles. The molecule has 1 amide bonds. The van der Waals surface area contributed by atoms with Crippen LogP contribution in [0.3, 0.4) is 0 Å². The average Bonchev–Trinajstić information content (AvgIpc) is 3.00. The van der Waals surface area contributed by atoms with Crippen molar-refractivity contribution in [2.24, 2.45) is 0 Å². The molecule has 45 heavy (non-hydrogen) atoms. The lowest BCUT2D eigenvalue weighted by molar-refractivity contribution is -0.143. The van der Waals surface area contributed by atoms with Crippen LogP contribution >= 0.6 is 0 Å². The van der Waals surface area contributed by atoms with E-state index in [1.165, 1.54) is 14.2 Å². The molecule has 0 spiro atoms. The first-order chi connectivity index (χ1) is 21.3. The van der Waals surface area contributed by atoms with E-state index < -0.39 is 29.2 Å². The van der Waals surface area contributed by atoms with Crippen molar-refractivity contribution in [3.05, 3.63) is 77.1 Å².